The van der Waals surface area contributed by atoms with Crippen molar-refractivity contribution in [2.24, 2.45) is 0 Å². The summed E-state index contributed by atoms with van der Waals surface area (Å²) in [4.78, 5) is 16.6. The fourth-order valence-corrected chi connectivity index (χ4v) is 2.70. The SMILES string of the molecule is CCc1ccc(C(=O)CN(CC)C(C)CC)s1. The number of nitrogens with zero attached hydrogens (tertiary/aromatic N) is 1. The van der Waals surface area contributed by atoms with E-state index in [-0.39, 0.29) is 5.78 Å². The van der Waals surface area contributed by atoms with Crippen LogP contribution in [0.15, 0.2) is 12.1 Å². The van der Waals surface area contributed by atoms with Crippen LogP contribution in [0, 0.1) is 0 Å². The third kappa shape index (κ3) is 3.93. The van der Waals surface area contributed by atoms with Crippen LogP contribution in [0.2, 0.25) is 0 Å². The highest BCUT2D eigenvalue weighted by molar-refractivity contribution is 7.14. The van der Waals surface area contributed by atoms with Gasteiger partial charge in [-0.1, -0.05) is 20.8 Å². The van der Waals surface area contributed by atoms with Crippen molar-refractivity contribution < 1.29 is 4.79 Å². The van der Waals surface area contributed by atoms with E-state index in [1.807, 2.05) is 6.07 Å². The predicted octanol–water partition coefficient (Wildman–Crippen LogP) is 3.61. The normalized spacial score (nSPS) is 13.0. The molecule has 1 heterocycles. The molecule has 1 aromatic heterocycles. The van der Waals surface area contributed by atoms with Gasteiger partial charge in [0.1, 0.15) is 0 Å². The van der Waals surface area contributed by atoms with E-state index in [1.54, 1.807) is 11.3 Å². The molecule has 1 unspecified atom stereocenters. The van der Waals surface area contributed by atoms with Gasteiger partial charge in [-0.3, -0.25) is 9.69 Å². The average molecular weight is 253 g/mol. The van der Waals surface area contributed by atoms with Crippen molar-refractivity contribution in [2.45, 2.75) is 46.6 Å². The Morgan fingerprint density at radius 3 is 2.53 bits per heavy atom. The lowest BCUT2D eigenvalue weighted by molar-refractivity contribution is 0.0906. The van der Waals surface area contributed by atoms with Crippen molar-refractivity contribution in [2.75, 3.05) is 13.1 Å². The maximum atomic E-state index is 12.1. The first-order valence-electron chi connectivity index (χ1n) is 6.48. The van der Waals surface area contributed by atoms with E-state index in [2.05, 4.69) is 38.7 Å². The fraction of sp³-hybridized carbons (Fsp3) is 0.643. The van der Waals surface area contributed by atoms with E-state index in [0.29, 0.717) is 12.6 Å². The summed E-state index contributed by atoms with van der Waals surface area (Å²) in [5.41, 5.74) is 0. The van der Waals surface area contributed by atoms with Crippen molar-refractivity contribution >= 4 is 17.1 Å². The molecular formula is C14H23NOS. The maximum Gasteiger partial charge on any atom is 0.186 e. The Kier molecular flexibility index (Phi) is 5.86. The Morgan fingerprint density at radius 2 is 2.06 bits per heavy atom. The van der Waals surface area contributed by atoms with Crippen LogP contribution in [0.25, 0.3) is 0 Å². The first-order valence-corrected chi connectivity index (χ1v) is 7.29. The Bertz CT molecular complexity index is 359. The summed E-state index contributed by atoms with van der Waals surface area (Å²) in [7, 11) is 0. The third-order valence-electron chi connectivity index (χ3n) is 3.25. The lowest BCUT2D eigenvalue weighted by Gasteiger charge is -2.25. The first-order chi connectivity index (χ1) is 8.12. The molecule has 0 N–H and O–H groups in total. The van der Waals surface area contributed by atoms with Crippen LogP contribution in [0.4, 0.5) is 0 Å². The monoisotopic (exact) mass is 253 g/mol. The van der Waals surface area contributed by atoms with Gasteiger partial charge in [0, 0.05) is 10.9 Å². The minimum absolute atomic E-state index is 0.261. The second-order valence-electron chi connectivity index (χ2n) is 4.36. The van der Waals surface area contributed by atoms with Gasteiger partial charge in [0.15, 0.2) is 5.78 Å². The number of thiophene rings is 1. The van der Waals surface area contributed by atoms with Gasteiger partial charge >= 0.3 is 0 Å². The number of likely N-dealkylation sites (N-methyl/N-ethyl adjacent to an activating group) is 1. The van der Waals surface area contributed by atoms with Crippen molar-refractivity contribution in [3.63, 3.8) is 0 Å². The number of carbonyl (C=O) groups is 1. The standard InChI is InChI=1S/C14H23NOS/c1-5-11(4)15(7-3)10-13(16)14-9-8-12(6-2)17-14/h8-9,11H,5-7,10H2,1-4H3. The highest BCUT2D eigenvalue weighted by atomic mass is 32.1. The molecule has 0 bridgehead atoms. The highest BCUT2D eigenvalue weighted by Gasteiger charge is 2.16. The summed E-state index contributed by atoms with van der Waals surface area (Å²) in [5, 5.41) is 0. The minimum Gasteiger partial charge on any atom is -0.293 e. The molecule has 0 aliphatic heterocycles. The average Bonchev–Trinajstić information content (AvgIpc) is 2.83. The molecule has 2 nitrogen and oxygen atoms in total. The lowest BCUT2D eigenvalue weighted by Crippen LogP contribution is -2.36. The summed E-state index contributed by atoms with van der Waals surface area (Å²) in [6.45, 7) is 10.1. The maximum absolute atomic E-state index is 12.1. The number of hydrogen-bond acceptors (Lipinski definition) is 3. The minimum atomic E-state index is 0.261. The molecule has 0 fully saturated rings. The molecule has 0 aromatic carbocycles. The topological polar surface area (TPSA) is 20.3 Å². The Balaban J connectivity index is 2.64. The molecule has 17 heavy (non-hydrogen) atoms. The Labute approximate surface area is 109 Å². The zero-order valence-electron chi connectivity index (χ0n) is 11.3. The number of ketones is 1. The molecule has 0 radical (unpaired) electrons. The molecule has 0 amide bonds. The van der Waals surface area contributed by atoms with Crippen LogP contribution < -0.4 is 0 Å². The zero-order valence-corrected chi connectivity index (χ0v) is 12.1. The van der Waals surface area contributed by atoms with Crippen molar-refractivity contribution in [3.8, 4) is 0 Å². The molecule has 1 atom stereocenters. The molecule has 0 aliphatic carbocycles. The van der Waals surface area contributed by atoms with Crippen LogP contribution in [0.1, 0.15) is 48.7 Å². The molecule has 3 heteroatoms. The van der Waals surface area contributed by atoms with E-state index in [9.17, 15) is 4.79 Å². The van der Waals surface area contributed by atoms with Crippen LogP contribution >= 0.6 is 11.3 Å². The predicted molar refractivity (Wildman–Crippen MR) is 75.0 cm³/mol. The van der Waals surface area contributed by atoms with Gasteiger partial charge in [-0.15, -0.1) is 11.3 Å². The smallest absolute Gasteiger partial charge is 0.186 e. The molecule has 1 rings (SSSR count). The number of aryl methyl sites for hydroxylation is 1. The summed E-state index contributed by atoms with van der Waals surface area (Å²) in [5.74, 6) is 0.261. The van der Waals surface area contributed by atoms with Crippen LogP contribution in [0.5, 0.6) is 0 Å². The quantitative estimate of drug-likeness (QED) is 0.692. The van der Waals surface area contributed by atoms with Crippen LogP contribution in [-0.2, 0) is 6.42 Å². The van der Waals surface area contributed by atoms with Crippen LogP contribution in [0.3, 0.4) is 0 Å². The van der Waals surface area contributed by atoms with Crippen molar-refractivity contribution in [1.82, 2.24) is 4.90 Å². The van der Waals surface area contributed by atoms with Crippen LogP contribution in [-0.4, -0.2) is 29.8 Å². The van der Waals surface area contributed by atoms with Crippen molar-refractivity contribution in [3.05, 3.63) is 21.9 Å². The van der Waals surface area contributed by atoms with Gasteiger partial charge in [0.25, 0.3) is 0 Å². The van der Waals surface area contributed by atoms with Gasteiger partial charge in [0.2, 0.25) is 0 Å². The van der Waals surface area contributed by atoms with Gasteiger partial charge < -0.3 is 0 Å². The summed E-state index contributed by atoms with van der Waals surface area (Å²) in [6, 6.07) is 4.52. The summed E-state index contributed by atoms with van der Waals surface area (Å²) >= 11 is 1.64. The number of hydrogen-bond donors (Lipinski definition) is 0. The summed E-state index contributed by atoms with van der Waals surface area (Å²) in [6.07, 6.45) is 2.10. The molecule has 96 valence electrons. The molecule has 0 aliphatic rings. The number of carbonyl (C=O) groups excluding carboxylic acids is 1. The van der Waals surface area contributed by atoms with Gasteiger partial charge in [-0.05, 0) is 38.4 Å². The third-order valence-corrected chi connectivity index (χ3v) is 4.52. The highest BCUT2D eigenvalue weighted by Crippen LogP contribution is 2.18. The molecule has 0 saturated carbocycles. The van der Waals surface area contributed by atoms with E-state index >= 15 is 0 Å². The molecule has 1 aromatic rings. The fourth-order valence-electron chi connectivity index (χ4n) is 1.82. The second-order valence-corrected chi connectivity index (χ2v) is 5.53. The Hall–Kier alpha value is -0.670. The van der Waals surface area contributed by atoms with E-state index in [0.717, 1.165) is 24.3 Å². The second kappa shape index (κ2) is 6.92. The van der Waals surface area contributed by atoms with E-state index < -0.39 is 0 Å². The largest absolute Gasteiger partial charge is 0.293 e. The molecule has 0 spiro atoms. The number of Topliss-reactive ketones (excluding diaryl/α,β-unsaturated/α-hetero) is 1. The lowest BCUT2D eigenvalue weighted by atomic mass is 10.2. The van der Waals surface area contributed by atoms with Gasteiger partial charge in [-0.2, -0.15) is 0 Å². The molecular weight excluding hydrogens is 230 g/mol. The zero-order chi connectivity index (χ0) is 12.8. The summed E-state index contributed by atoms with van der Waals surface area (Å²) < 4.78 is 0. The van der Waals surface area contributed by atoms with E-state index in [1.165, 1.54) is 4.88 Å². The first kappa shape index (κ1) is 14.4. The molecule has 0 saturated heterocycles. The van der Waals surface area contributed by atoms with Gasteiger partial charge in [-0.25, -0.2) is 0 Å². The Morgan fingerprint density at radius 1 is 1.35 bits per heavy atom. The van der Waals surface area contributed by atoms with Crippen molar-refractivity contribution in [1.29, 1.82) is 0 Å². The number of rotatable bonds is 7. The van der Waals surface area contributed by atoms with Gasteiger partial charge in [0.05, 0.1) is 11.4 Å². The van der Waals surface area contributed by atoms with E-state index in [4.69, 9.17) is 0 Å².